The third-order valence-corrected chi connectivity index (χ3v) is 5.52. The lowest BCUT2D eigenvalue weighted by atomic mass is 9.87. The molecule has 2 aromatic rings. The second kappa shape index (κ2) is 9.34. The maximum atomic E-state index is 12.7. The number of hydrogen-bond acceptors (Lipinski definition) is 3. The van der Waals surface area contributed by atoms with Gasteiger partial charge in [0.1, 0.15) is 5.75 Å². The Balaban J connectivity index is 1.59. The first-order chi connectivity index (χ1) is 13.9. The van der Waals surface area contributed by atoms with Crippen LogP contribution in [0.2, 0.25) is 0 Å². The Morgan fingerprint density at radius 1 is 1.00 bits per heavy atom. The van der Waals surface area contributed by atoms with Gasteiger partial charge in [0.25, 0.3) is 5.91 Å². The van der Waals surface area contributed by atoms with E-state index in [2.05, 4.69) is 55.3 Å². The molecule has 4 nitrogen and oxygen atoms in total. The minimum atomic E-state index is -0.516. The third kappa shape index (κ3) is 5.75. The molecule has 1 amide bonds. The fourth-order valence-corrected chi connectivity index (χ4v) is 3.65. The molecule has 0 aromatic heterocycles. The van der Waals surface area contributed by atoms with Crippen molar-refractivity contribution in [3.8, 4) is 5.75 Å². The van der Waals surface area contributed by atoms with Crippen LogP contribution in [0.1, 0.15) is 58.9 Å². The number of piperidine rings is 1. The fraction of sp³-hybridized carbons (Fsp3) is 0.480. The Bertz CT molecular complexity index is 785. The minimum Gasteiger partial charge on any atom is -0.481 e. The molecule has 1 saturated heterocycles. The molecule has 0 bridgehead atoms. The van der Waals surface area contributed by atoms with Crippen LogP contribution in [-0.2, 0) is 10.2 Å². The molecule has 0 spiro atoms. The number of rotatable bonds is 6. The first-order valence-corrected chi connectivity index (χ1v) is 10.8. The molecule has 2 aromatic carbocycles. The molecule has 1 heterocycles. The van der Waals surface area contributed by atoms with Crippen LogP contribution in [0.25, 0.3) is 0 Å². The fourth-order valence-electron chi connectivity index (χ4n) is 3.65. The summed E-state index contributed by atoms with van der Waals surface area (Å²) in [6.45, 7) is 10.7. The number of carbonyl (C=O) groups is 1. The molecule has 0 saturated carbocycles. The maximum absolute atomic E-state index is 12.7. The first kappa shape index (κ1) is 21.2. The first-order valence-electron chi connectivity index (χ1n) is 10.8. The monoisotopic (exact) mass is 394 g/mol. The predicted octanol–water partition coefficient (Wildman–Crippen LogP) is 5.77. The molecule has 0 unspecified atom stereocenters. The molecule has 1 N–H and O–H groups in total. The van der Waals surface area contributed by atoms with Crippen molar-refractivity contribution in [2.45, 2.75) is 64.9 Å². The van der Waals surface area contributed by atoms with Gasteiger partial charge in [0, 0.05) is 24.5 Å². The van der Waals surface area contributed by atoms with Crippen LogP contribution in [0.4, 0.5) is 11.4 Å². The van der Waals surface area contributed by atoms with E-state index in [-0.39, 0.29) is 11.3 Å². The standard InChI is InChI=1S/C25H34N2O2/c1-5-23(29-22-15-9-19(10-16-22)25(2,3)4)24(28)26-20-11-13-21(14-12-20)27-17-7-6-8-18-27/h9-16,23H,5-8,17-18H2,1-4H3,(H,26,28)/t23-/m0/s1. The molecular formula is C25H34N2O2. The van der Waals surface area contributed by atoms with Crippen LogP contribution in [0.15, 0.2) is 48.5 Å². The van der Waals surface area contributed by atoms with E-state index in [1.165, 1.54) is 30.5 Å². The van der Waals surface area contributed by atoms with Gasteiger partial charge in [-0.05, 0) is 73.1 Å². The third-order valence-electron chi connectivity index (χ3n) is 5.52. The smallest absolute Gasteiger partial charge is 0.265 e. The quantitative estimate of drug-likeness (QED) is 0.676. The van der Waals surface area contributed by atoms with Crippen LogP contribution >= 0.6 is 0 Å². The highest BCUT2D eigenvalue weighted by atomic mass is 16.5. The molecule has 156 valence electrons. The van der Waals surface area contributed by atoms with E-state index in [0.29, 0.717) is 6.42 Å². The highest BCUT2D eigenvalue weighted by Gasteiger charge is 2.20. The molecule has 29 heavy (non-hydrogen) atoms. The summed E-state index contributed by atoms with van der Waals surface area (Å²) in [6, 6.07) is 16.2. The zero-order valence-corrected chi connectivity index (χ0v) is 18.2. The molecule has 1 atom stereocenters. The van der Waals surface area contributed by atoms with Gasteiger partial charge >= 0.3 is 0 Å². The van der Waals surface area contributed by atoms with Gasteiger partial charge in [-0.2, -0.15) is 0 Å². The van der Waals surface area contributed by atoms with Crippen molar-refractivity contribution in [3.63, 3.8) is 0 Å². The molecule has 1 fully saturated rings. The molecule has 1 aliphatic heterocycles. The van der Waals surface area contributed by atoms with Crippen LogP contribution < -0.4 is 15.0 Å². The van der Waals surface area contributed by atoms with Gasteiger partial charge in [0.2, 0.25) is 0 Å². The number of nitrogens with zero attached hydrogens (tertiary/aromatic N) is 1. The molecule has 0 radical (unpaired) electrons. The van der Waals surface area contributed by atoms with Gasteiger partial charge < -0.3 is 15.0 Å². The maximum Gasteiger partial charge on any atom is 0.265 e. The van der Waals surface area contributed by atoms with Crippen molar-refractivity contribution in [2.75, 3.05) is 23.3 Å². The van der Waals surface area contributed by atoms with Crippen LogP contribution in [0.3, 0.4) is 0 Å². The Morgan fingerprint density at radius 2 is 1.62 bits per heavy atom. The topological polar surface area (TPSA) is 41.6 Å². The average molecular weight is 395 g/mol. The summed E-state index contributed by atoms with van der Waals surface area (Å²) < 4.78 is 5.96. The van der Waals surface area contributed by atoms with Crippen molar-refractivity contribution in [3.05, 3.63) is 54.1 Å². The number of anilines is 2. The Hall–Kier alpha value is -2.49. The number of carbonyl (C=O) groups excluding carboxylic acids is 1. The number of nitrogens with one attached hydrogen (secondary N) is 1. The lowest BCUT2D eigenvalue weighted by Gasteiger charge is -2.29. The SMILES string of the molecule is CC[C@H](Oc1ccc(C(C)(C)C)cc1)C(=O)Nc1ccc(N2CCCCC2)cc1. The number of hydrogen-bond donors (Lipinski definition) is 1. The van der Waals surface area contributed by atoms with E-state index >= 15 is 0 Å². The van der Waals surface area contributed by atoms with Crippen LogP contribution in [0, 0.1) is 0 Å². The largest absolute Gasteiger partial charge is 0.481 e. The van der Waals surface area contributed by atoms with E-state index in [1.807, 2.05) is 31.2 Å². The molecule has 1 aliphatic rings. The van der Waals surface area contributed by atoms with Crippen LogP contribution in [0.5, 0.6) is 5.75 Å². The summed E-state index contributed by atoms with van der Waals surface area (Å²) in [5, 5.41) is 3.00. The zero-order chi connectivity index (χ0) is 20.9. The molecule has 3 rings (SSSR count). The average Bonchev–Trinajstić information content (AvgIpc) is 2.73. The van der Waals surface area contributed by atoms with E-state index in [9.17, 15) is 4.79 Å². The molecule has 4 heteroatoms. The van der Waals surface area contributed by atoms with Gasteiger partial charge in [-0.15, -0.1) is 0 Å². The summed E-state index contributed by atoms with van der Waals surface area (Å²) in [5.41, 5.74) is 3.38. The van der Waals surface area contributed by atoms with Crippen molar-refractivity contribution in [2.24, 2.45) is 0 Å². The normalized spacial score (nSPS) is 15.7. The highest BCUT2D eigenvalue weighted by Crippen LogP contribution is 2.25. The Kier molecular flexibility index (Phi) is 6.83. The number of ether oxygens (including phenoxy) is 1. The molecule has 0 aliphatic carbocycles. The van der Waals surface area contributed by atoms with Crippen molar-refractivity contribution < 1.29 is 9.53 Å². The van der Waals surface area contributed by atoms with Gasteiger partial charge in [-0.25, -0.2) is 0 Å². The second-order valence-electron chi connectivity index (χ2n) is 8.87. The summed E-state index contributed by atoms with van der Waals surface area (Å²) in [4.78, 5) is 15.1. The predicted molar refractivity (Wildman–Crippen MR) is 121 cm³/mol. The minimum absolute atomic E-state index is 0.0976. The van der Waals surface area contributed by atoms with E-state index in [4.69, 9.17) is 4.74 Å². The molecular weight excluding hydrogens is 360 g/mol. The Morgan fingerprint density at radius 3 is 2.17 bits per heavy atom. The van der Waals surface area contributed by atoms with Crippen molar-refractivity contribution >= 4 is 17.3 Å². The Labute approximate surface area is 175 Å². The van der Waals surface area contributed by atoms with Gasteiger partial charge in [-0.1, -0.05) is 39.8 Å². The van der Waals surface area contributed by atoms with Gasteiger partial charge in [0.05, 0.1) is 0 Å². The highest BCUT2D eigenvalue weighted by molar-refractivity contribution is 5.94. The summed E-state index contributed by atoms with van der Waals surface area (Å²) in [7, 11) is 0. The van der Waals surface area contributed by atoms with E-state index < -0.39 is 6.10 Å². The summed E-state index contributed by atoms with van der Waals surface area (Å²) >= 11 is 0. The van der Waals surface area contributed by atoms with Crippen molar-refractivity contribution in [1.29, 1.82) is 0 Å². The van der Waals surface area contributed by atoms with Gasteiger partial charge in [-0.3, -0.25) is 4.79 Å². The van der Waals surface area contributed by atoms with E-state index in [0.717, 1.165) is 24.5 Å². The van der Waals surface area contributed by atoms with Crippen LogP contribution in [-0.4, -0.2) is 25.1 Å². The number of benzene rings is 2. The van der Waals surface area contributed by atoms with Crippen molar-refractivity contribution in [1.82, 2.24) is 0 Å². The summed E-state index contributed by atoms with van der Waals surface area (Å²) in [6.07, 6.45) is 3.92. The lowest BCUT2D eigenvalue weighted by molar-refractivity contribution is -0.122. The number of amides is 1. The zero-order valence-electron chi connectivity index (χ0n) is 18.2. The van der Waals surface area contributed by atoms with Gasteiger partial charge in [0.15, 0.2) is 6.10 Å². The second-order valence-corrected chi connectivity index (χ2v) is 8.87. The summed E-state index contributed by atoms with van der Waals surface area (Å²) in [5.74, 6) is 0.610. The van der Waals surface area contributed by atoms with E-state index in [1.54, 1.807) is 0 Å². The lowest BCUT2D eigenvalue weighted by Crippen LogP contribution is -2.32.